The van der Waals surface area contributed by atoms with Crippen molar-refractivity contribution in [2.24, 2.45) is 0 Å². The van der Waals surface area contributed by atoms with Crippen LogP contribution < -0.4 is 10.6 Å². The maximum atomic E-state index is 13.2. The molecule has 0 fully saturated rings. The van der Waals surface area contributed by atoms with E-state index in [-0.39, 0.29) is 27.9 Å². The first-order chi connectivity index (χ1) is 11.8. The third-order valence-electron chi connectivity index (χ3n) is 3.47. The fourth-order valence-electron chi connectivity index (χ4n) is 1.93. The molecular formula is C18H16ClFN2O3. The van der Waals surface area contributed by atoms with E-state index in [1.807, 2.05) is 0 Å². The van der Waals surface area contributed by atoms with Gasteiger partial charge in [0.2, 0.25) is 0 Å². The van der Waals surface area contributed by atoms with Crippen molar-refractivity contribution in [1.29, 1.82) is 0 Å². The average Bonchev–Trinajstić information content (AvgIpc) is 2.58. The van der Waals surface area contributed by atoms with E-state index in [9.17, 15) is 19.1 Å². The summed E-state index contributed by atoms with van der Waals surface area (Å²) in [6.45, 7) is 3.39. The van der Waals surface area contributed by atoms with Crippen LogP contribution in [-0.2, 0) is 4.79 Å². The maximum Gasteiger partial charge on any atom is 0.259 e. The van der Waals surface area contributed by atoms with E-state index in [0.29, 0.717) is 11.3 Å². The molecule has 2 amide bonds. The van der Waals surface area contributed by atoms with Crippen molar-refractivity contribution in [2.45, 2.75) is 13.8 Å². The molecule has 0 aromatic heterocycles. The molecule has 2 aromatic carbocycles. The molecule has 0 saturated carbocycles. The molecular weight excluding hydrogens is 347 g/mol. The van der Waals surface area contributed by atoms with Gasteiger partial charge in [-0.2, -0.15) is 0 Å². The highest BCUT2D eigenvalue weighted by Crippen LogP contribution is 2.24. The predicted octanol–water partition coefficient (Wildman–Crippen LogP) is 4.34. The van der Waals surface area contributed by atoms with Crippen molar-refractivity contribution in [3.63, 3.8) is 0 Å². The van der Waals surface area contributed by atoms with E-state index in [1.165, 1.54) is 30.3 Å². The molecule has 130 valence electrons. The lowest BCUT2D eigenvalue weighted by Crippen LogP contribution is -2.15. The number of rotatable bonds is 4. The molecule has 0 aliphatic heterocycles. The topological polar surface area (TPSA) is 78.4 Å². The number of halogens is 2. The zero-order valence-corrected chi connectivity index (χ0v) is 14.3. The molecule has 2 aromatic rings. The van der Waals surface area contributed by atoms with Gasteiger partial charge < -0.3 is 15.7 Å². The number of hydrogen-bond donors (Lipinski definition) is 3. The molecule has 0 atom stereocenters. The summed E-state index contributed by atoms with van der Waals surface area (Å²) in [6.07, 6.45) is 1.65. The number of allylic oxidation sites excluding steroid dienone is 1. The number of amides is 2. The third-order valence-corrected chi connectivity index (χ3v) is 3.76. The maximum absolute atomic E-state index is 13.2. The Bertz CT molecular complexity index is 865. The summed E-state index contributed by atoms with van der Waals surface area (Å²) in [4.78, 5) is 24.2. The highest BCUT2D eigenvalue weighted by Gasteiger charge is 2.14. The first-order valence-electron chi connectivity index (χ1n) is 7.35. The molecule has 5 nitrogen and oxygen atoms in total. The number of carbonyl (C=O) groups is 2. The van der Waals surface area contributed by atoms with Crippen molar-refractivity contribution < 1.29 is 19.1 Å². The van der Waals surface area contributed by atoms with Gasteiger partial charge >= 0.3 is 0 Å². The van der Waals surface area contributed by atoms with Gasteiger partial charge in [0.15, 0.2) is 0 Å². The summed E-state index contributed by atoms with van der Waals surface area (Å²) >= 11 is 5.67. The molecule has 0 spiro atoms. The van der Waals surface area contributed by atoms with E-state index in [0.717, 1.165) is 6.07 Å². The number of nitrogens with one attached hydrogen (secondary N) is 2. The Morgan fingerprint density at radius 3 is 2.40 bits per heavy atom. The number of anilines is 2. The van der Waals surface area contributed by atoms with Crippen LogP contribution in [0.25, 0.3) is 0 Å². The minimum Gasteiger partial charge on any atom is -0.507 e. The zero-order valence-electron chi connectivity index (χ0n) is 13.6. The molecule has 0 radical (unpaired) electrons. The SMILES string of the molecule is C/C=C(\C)C(=O)Nc1ccc(O)c(C(=O)Nc2ccc(F)c(Cl)c2)c1. The Balaban J connectivity index is 2.22. The second kappa shape index (κ2) is 7.81. The normalized spacial score (nSPS) is 11.1. The number of phenols is 1. The van der Waals surface area contributed by atoms with E-state index >= 15 is 0 Å². The van der Waals surface area contributed by atoms with Gasteiger partial charge in [-0.1, -0.05) is 17.7 Å². The number of carbonyl (C=O) groups excluding carboxylic acids is 2. The first-order valence-corrected chi connectivity index (χ1v) is 7.73. The lowest BCUT2D eigenvalue weighted by molar-refractivity contribution is -0.112. The zero-order chi connectivity index (χ0) is 18.6. The Morgan fingerprint density at radius 1 is 1.12 bits per heavy atom. The fraction of sp³-hybridized carbons (Fsp3) is 0.111. The van der Waals surface area contributed by atoms with Crippen molar-refractivity contribution in [3.05, 3.63) is 64.5 Å². The van der Waals surface area contributed by atoms with Crippen LogP contribution in [0.3, 0.4) is 0 Å². The summed E-state index contributed by atoms with van der Waals surface area (Å²) < 4.78 is 13.2. The van der Waals surface area contributed by atoms with Gasteiger partial charge in [0.05, 0.1) is 10.6 Å². The lowest BCUT2D eigenvalue weighted by atomic mass is 10.1. The van der Waals surface area contributed by atoms with Gasteiger partial charge in [-0.05, 0) is 50.2 Å². The van der Waals surface area contributed by atoms with Crippen LogP contribution in [0.5, 0.6) is 5.75 Å². The van der Waals surface area contributed by atoms with Crippen LogP contribution in [-0.4, -0.2) is 16.9 Å². The molecule has 0 aliphatic carbocycles. The highest BCUT2D eigenvalue weighted by molar-refractivity contribution is 6.31. The van der Waals surface area contributed by atoms with Gasteiger partial charge in [-0.15, -0.1) is 0 Å². The summed E-state index contributed by atoms with van der Waals surface area (Å²) in [5.41, 5.74) is 1.10. The summed E-state index contributed by atoms with van der Waals surface area (Å²) in [5.74, 6) is -1.80. The van der Waals surface area contributed by atoms with E-state index < -0.39 is 11.7 Å². The van der Waals surface area contributed by atoms with Crippen LogP contribution in [0.4, 0.5) is 15.8 Å². The second-order valence-electron chi connectivity index (χ2n) is 5.24. The van der Waals surface area contributed by atoms with Crippen molar-refractivity contribution in [2.75, 3.05) is 10.6 Å². The molecule has 0 unspecified atom stereocenters. The quantitative estimate of drug-likeness (QED) is 0.559. The van der Waals surface area contributed by atoms with Gasteiger partial charge in [-0.25, -0.2) is 4.39 Å². The van der Waals surface area contributed by atoms with Crippen LogP contribution in [0.1, 0.15) is 24.2 Å². The lowest BCUT2D eigenvalue weighted by Gasteiger charge is -2.10. The van der Waals surface area contributed by atoms with Gasteiger partial charge in [0.1, 0.15) is 11.6 Å². The minimum absolute atomic E-state index is 0.0450. The van der Waals surface area contributed by atoms with E-state index in [1.54, 1.807) is 19.9 Å². The average molecular weight is 363 g/mol. The summed E-state index contributed by atoms with van der Waals surface area (Å²) in [7, 11) is 0. The Hall–Kier alpha value is -2.86. The molecule has 3 N–H and O–H groups in total. The molecule has 0 bridgehead atoms. The predicted molar refractivity (Wildman–Crippen MR) is 95.5 cm³/mol. The molecule has 7 heteroatoms. The monoisotopic (exact) mass is 362 g/mol. The van der Waals surface area contributed by atoms with Crippen molar-refractivity contribution >= 4 is 34.8 Å². The van der Waals surface area contributed by atoms with Crippen molar-refractivity contribution in [3.8, 4) is 5.75 Å². The summed E-state index contributed by atoms with van der Waals surface area (Å²) in [5, 5.41) is 14.9. The molecule has 0 heterocycles. The standard InChI is InChI=1S/C18H16ClFN2O3/c1-3-10(2)17(24)21-11-5-7-16(23)13(8-11)18(25)22-12-4-6-15(20)14(19)9-12/h3-9,23H,1-2H3,(H,21,24)(H,22,25)/b10-3+. The van der Waals surface area contributed by atoms with Crippen LogP contribution in [0.2, 0.25) is 5.02 Å². The minimum atomic E-state index is -0.626. The second-order valence-corrected chi connectivity index (χ2v) is 5.65. The van der Waals surface area contributed by atoms with Crippen LogP contribution in [0, 0.1) is 5.82 Å². The highest BCUT2D eigenvalue weighted by atomic mass is 35.5. The smallest absolute Gasteiger partial charge is 0.259 e. The number of phenolic OH excluding ortho intramolecular Hbond substituents is 1. The fourth-order valence-corrected chi connectivity index (χ4v) is 2.11. The largest absolute Gasteiger partial charge is 0.507 e. The molecule has 0 saturated heterocycles. The third kappa shape index (κ3) is 4.58. The van der Waals surface area contributed by atoms with Crippen LogP contribution in [0.15, 0.2) is 48.0 Å². The number of aromatic hydroxyl groups is 1. The van der Waals surface area contributed by atoms with Crippen molar-refractivity contribution in [1.82, 2.24) is 0 Å². The summed E-state index contributed by atoms with van der Waals surface area (Å²) in [6, 6.07) is 7.84. The van der Waals surface area contributed by atoms with E-state index in [4.69, 9.17) is 11.6 Å². The van der Waals surface area contributed by atoms with Gasteiger partial charge in [0.25, 0.3) is 11.8 Å². The Kier molecular flexibility index (Phi) is 5.77. The molecule has 25 heavy (non-hydrogen) atoms. The van der Waals surface area contributed by atoms with Crippen LogP contribution >= 0.6 is 11.6 Å². The van der Waals surface area contributed by atoms with Gasteiger partial charge in [-0.3, -0.25) is 9.59 Å². The molecule has 0 aliphatic rings. The Labute approximate surface area is 149 Å². The number of benzene rings is 2. The van der Waals surface area contributed by atoms with E-state index in [2.05, 4.69) is 10.6 Å². The Morgan fingerprint density at radius 2 is 1.76 bits per heavy atom. The number of hydrogen-bond acceptors (Lipinski definition) is 3. The first kappa shape index (κ1) is 18.5. The molecule has 2 rings (SSSR count). The van der Waals surface area contributed by atoms with Gasteiger partial charge in [0, 0.05) is 16.9 Å².